The lowest BCUT2D eigenvalue weighted by Gasteiger charge is -2.51. The van der Waals surface area contributed by atoms with E-state index in [1.54, 1.807) is 0 Å². The minimum Gasteiger partial charge on any atom is -0.274 e. The van der Waals surface area contributed by atoms with E-state index in [4.69, 9.17) is 0 Å². The number of imide groups is 2. The fourth-order valence-electron chi connectivity index (χ4n) is 8.79. The number of benzene rings is 3. The van der Waals surface area contributed by atoms with Crippen LogP contribution in [0.4, 0.5) is 11.4 Å². The molecule has 2 heterocycles. The first kappa shape index (κ1) is 27.0. The van der Waals surface area contributed by atoms with Crippen molar-refractivity contribution < 1.29 is 19.2 Å². The van der Waals surface area contributed by atoms with Gasteiger partial charge in [0, 0.05) is 11.8 Å². The molecule has 7 atom stereocenters. The van der Waals surface area contributed by atoms with Crippen LogP contribution in [-0.4, -0.2) is 23.6 Å². The van der Waals surface area contributed by atoms with E-state index in [0.717, 1.165) is 40.7 Å². The number of carbonyl (C=O) groups is 4. The number of carbonyl (C=O) groups excluding carboxylic acids is 4. The summed E-state index contributed by atoms with van der Waals surface area (Å²) in [4.78, 5) is 59.6. The molecular formula is C38H34N2O4. The lowest BCUT2D eigenvalue weighted by molar-refractivity contribution is -0.129. The SMILES string of the molecule is CCc1ccc(N2C(=O)[C@H]3[C@@H]4C=C[C@H](C5=C(c6ccccc6)C[C@H]6C(=O)N(c7ccc(CC)cc7)C(=O)[C@H]6[C@H]54)[C@H]3C2=O)cc1. The monoisotopic (exact) mass is 582 g/mol. The number of anilines is 2. The van der Waals surface area contributed by atoms with Gasteiger partial charge < -0.3 is 0 Å². The van der Waals surface area contributed by atoms with E-state index >= 15 is 0 Å². The Hall–Kier alpha value is -4.58. The molecule has 3 aromatic carbocycles. The van der Waals surface area contributed by atoms with Gasteiger partial charge in [0.25, 0.3) is 0 Å². The number of nitrogens with zero attached hydrogens (tertiary/aromatic N) is 2. The lowest BCUT2D eigenvalue weighted by Crippen LogP contribution is -2.51. The zero-order valence-electron chi connectivity index (χ0n) is 24.9. The summed E-state index contributed by atoms with van der Waals surface area (Å²) in [6.07, 6.45) is 6.34. The lowest BCUT2D eigenvalue weighted by atomic mass is 9.49. The van der Waals surface area contributed by atoms with Crippen LogP contribution < -0.4 is 9.80 Å². The third kappa shape index (κ3) is 3.66. The molecule has 4 amide bonds. The Morgan fingerprint density at radius 3 is 1.73 bits per heavy atom. The van der Waals surface area contributed by atoms with Crippen molar-refractivity contribution >= 4 is 40.6 Å². The second kappa shape index (κ2) is 9.98. The molecule has 2 saturated heterocycles. The first-order chi connectivity index (χ1) is 21.4. The minimum absolute atomic E-state index is 0.171. The van der Waals surface area contributed by atoms with Gasteiger partial charge in [0.1, 0.15) is 0 Å². The maximum Gasteiger partial charge on any atom is 0.238 e. The zero-order valence-corrected chi connectivity index (χ0v) is 24.9. The Kier molecular flexibility index (Phi) is 6.12. The summed E-state index contributed by atoms with van der Waals surface area (Å²) in [5, 5.41) is 0. The maximum absolute atomic E-state index is 14.4. The highest BCUT2D eigenvalue weighted by Gasteiger charge is 2.67. The summed E-state index contributed by atoms with van der Waals surface area (Å²) in [6, 6.07) is 25.4. The molecule has 2 aliphatic heterocycles. The molecule has 3 aromatic rings. The molecule has 0 aromatic heterocycles. The first-order valence-corrected chi connectivity index (χ1v) is 15.8. The van der Waals surface area contributed by atoms with Crippen LogP contribution in [0.15, 0.2) is 96.6 Å². The van der Waals surface area contributed by atoms with Crippen LogP contribution in [-0.2, 0) is 32.0 Å². The molecule has 0 spiro atoms. The fraction of sp³-hybridized carbons (Fsp3) is 0.316. The molecule has 9 rings (SSSR count). The second-order valence-electron chi connectivity index (χ2n) is 12.8. The third-order valence-corrected chi connectivity index (χ3v) is 10.8. The standard InChI is InChI=1S/C38H34N2O4/c1-3-21-10-14-24(15-11-21)39-35(41)29-20-28(23-8-6-5-7-9-23)30-26-18-19-27(31(30)34(29)38(39)44)33-32(26)36(42)40(37(33)43)25-16-12-22(4-2)13-17-25/h5-19,26-27,29,31-34H,3-4,20H2,1-2H3/t26-,27-,29-,31+,32-,33+,34-/m1/s1. The van der Waals surface area contributed by atoms with Crippen LogP contribution in [0.2, 0.25) is 0 Å². The van der Waals surface area contributed by atoms with Crippen molar-refractivity contribution in [2.75, 3.05) is 9.80 Å². The molecule has 1 saturated carbocycles. The smallest absolute Gasteiger partial charge is 0.238 e. The Balaban J connectivity index is 1.25. The molecule has 6 heteroatoms. The predicted molar refractivity (Wildman–Crippen MR) is 168 cm³/mol. The fourth-order valence-corrected chi connectivity index (χ4v) is 8.79. The molecule has 6 aliphatic rings. The predicted octanol–water partition coefficient (Wildman–Crippen LogP) is 6.01. The van der Waals surface area contributed by atoms with Gasteiger partial charge in [-0.05, 0) is 71.7 Å². The third-order valence-electron chi connectivity index (χ3n) is 10.8. The zero-order chi connectivity index (χ0) is 30.3. The van der Waals surface area contributed by atoms with Gasteiger partial charge in [-0.2, -0.15) is 0 Å². The van der Waals surface area contributed by atoms with Gasteiger partial charge in [-0.15, -0.1) is 0 Å². The molecule has 2 bridgehead atoms. The van der Waals surface area contributed by atoms with E-state index in [1.165, 1.54) is 9.80 Å². The quantitative estimate of drug-likeness (QED) is 0.273. The van der Waals surface area contributed by atoms with E-state index in [2.05, 4.69) is 38.1 Å². The number of allylic oxidation sites excluding steroid dienone is 4. The summed E-state index contributed by atoms with van der Waals surface area (Å²) in [5.74, 6) is -3.89. The van der Waals surface area contributed by atoms with Crippen molar-refractivity contribution in [1.82, 2.24) is 0 Å². The number of hydrogen-bond donors (Lipinski definition) is 0. The summed E-state index contributed by atoms with van der Waals surface area (Å²) in [7, 11) is 0. The Morgan fingerprint density at radius 2 is 1.14 bits per heavy atom. The molecule has 4 aliphatic carbocycles. The maximum atomic E-state index is 14.4. The highest BCUT2D eigenvalue weighted by Crippen LogP contribution is 2.63. The van der Waals surface area contributed by atoms with Crippen molar-refractivity contribution in [2.45, 2.75) is 33.1 Å². The van der Waals surface area contributed by atoms with E-state index in [1.807, 2.05) is 66.7 Å². The van der Waals surface area contributed by atoms with Gasteiger partial charge in [-0.1, -0.05) is 86.2 Å². The van der Waals surface area contributed by atoms with Crippen molar-refractivity contribution in [3.05, 3.63) is 113 Å². The van der Waals surface area contributed by atoms with Crippen molar-refractivity contribution in [3.63, 3.8) is 0 Å². The topological polar surface area (TPSA) is 74.8 Å². The largest absolute Gasteiger partial charge is 0.274 e. The second-order valence-corrected chi connectivity index (χ2v) is 12.8. The molecule has 44 heavy (non-hydrogen) atoms. The van der Waals surface area contributed by atoms with E-state index in [-0.39, 0.29) is 41.4 Å². The summed E-state index contributed by atoms with van der Waals surface area (Å²) < 4.78 is 0. The summed E-state index contributed by atoms with van der Waals surface area (Å²) in [6.45, 7) is 4.14. The molecule has 3 fully saturated rings. The van der Waals surface area contributed by atoms with E-state index < -0.39 is 23.7 Å². The van der Waals surface area contributed by atoms with Gasteiger partial charge in [-0.25, -0.2) is 0 Å². The van der Waals surface area contributed by atoms with Crippen LogP contribution in [0.5, 0.6) is 0 Å². The number of hydrogen-bond acceptors (Lipinski definition) is 4. The van der Waals surface area contributed by atoms with Gasteiger partial charge in [0.2, 0.25) is 23.6 Å². The van der Waals surface area contributed by atoms with Gasteiger partial charge in [-0.3, -0.25) is 29.0 Å². The molecule has 220 valence electrons. The summed E-state index contributed by atoms with van der Waals surface area (Å²) >= 11 is 0. The Bertz CT molecular complexity index is 1770. The summed E-state index contributed by atoms with van der Waals surface area (Å²) in [5.41, 5.74) is 6.60. The van der Waals surface area contributed by atoms with E-state index in [0.29, 0.717) is 17.8 Å². The molecular weight excluding hydrogens is 548 g/mol. The van der Waals surface area contributed by atoms with Crippen LogP contribution in [0, 0.1) is 41.4 Å². The van der Waals surface area contributed by atoms with Gasteiger partial charge >= 0.3 is 0 Å². The van der Waals surface area contributed by atoms with Gasteiger partial charge in [0.15, 0.2) is 0 Å². The van der Waals surface area contributed by atoms with Crippen LogP contribution >= 0.6 is 0 Å². The Labute approximate surface area is 257 Å². The highest BCUT2D eigenvalue weighted by atomic mass is 16.2. The average molecular weight is 583 g/mol. The van der Waals surface area contributed by atoms with E-state index in [9.17, 15) is 19.2 Å². The highest BCUT2D eigenvalue weighted by molar-refractivity contribution is 6.24. The molecule has 0 radical (unpaired) electrons. The van der Waals surface area contributed by atoms with Gasteiger partial charge in [0.05, 0.1) is 35.0 Å². The average Bonchev–Trinajstić information content (AvgIpc) is 3.50. The molecule has 0 N–H and O–H groups in total. The molecule has 0 unspecified atom stereocenters. The minimum atomic E-state index is -0.574. The number of rotatable bonds is 5. The Morgan fingerprint density at radius 1 is 0.591 bits per heavy atom. The van der Waals surface area contributed by atoms with Crippen LogP contribution in [0.3, 0.4) is 0 Å². The number of aryl methyl sites for hydroxylation is 2. The van der Waals surface area contributed by atoms with Crippen LogP contribution in [0.25, 0.3) is 5.57 Å². The van der Waals surface area contributed by atoms with Crippen molar-refractivity contribution in [3.8, 4) is 0 Å². The molecule has 6 nitrogen and oxygen atoms in total. The number of fused-ring (bicyclic) bond motifs is 1. The van der Waals surface area contributed by atoms with Crippen LogP contribution in [0.1, 0.15) is 37.0 Å². The van der Waals surface area contributed by atoms with Crippen molar-refractivity contribution in [1.29, 1.82) is 0 Å². The normalized spacial score (nSPS) is 30.3. The van der Waals surface area contributed by atoms with Crippen molar-refractivity contribution in [2.24, 2.45) is 41.4 Å². The first-order valence-electron chi connectivity index (χ1n) is 15.8. The number of amides is 4.